The van der Waals surface area contributed by atoms with Crippen LogP contribution in [0.5, 0.6) is 5.75 Å². The number of hydrogen-bond acceptors (Lipinski definition) is 6. The lowest BCUT2D eigenvalue weighted by atomic mass is 9.87. The van der Waals surface area contributed by atoms with Crippen molar-refractivity contribution in [2.75, 3.05) is 25.1 Å². The largest absolute Gasteiger partial charge is 0.592 e. The summed E-state index contributed by atoms with van der Waals surface area (Å²) in [5.74, 6) is 1.23. The second-order valence-electron chi connectivity index (χ2n) is 9.14. The fourth-order valence-corrected chi connectivity index (χ4v) is 8.02. The zero-order valence-corrected chi connectivity index (χ0v) is 20.9. The average molecular weight is 503 g/mol. The van der Waals surface area contributed by atoms with Crippen LogP contribution in [-0.2, 0) is 14.6 Å². The molecule has 10 heteroatoms. The number of methoxy groups -OCH3 is 1. The van der Waals surface area contributed by atoms with Crippen molar-refractivity contribution in [1.29, 1.82) is 0 Å². The van der Waals surface area contributed by atoms with Gasteiger partial charge in [0.2, 0.25) is 4.21 Å². The molecule has 2 aliphatic heterocycles. The van der Waals surface area contributed by atoms with Crippen LogP contribution in [0.4, 0.5) is 10.5 Å². The van der Waals surface area contributed by atoms with E-state index in [0.29, 0.717) is 40.9 Å². The second-order valence-corrected chi connectivity index (χ2v) is 12.3. The fourth-order valence-electron chi connectivity index (χ4n) is 5.35. The molecule has 3 aliphatic rings. The number of nitrogens with zero attached hydrogens (tertiary/aromatic N) is 3. The Kier molecular flexibility index (Phi) is 6.49. The van der Waals surface area contributed by atoms with E-state index in [1.54, 1.807) is 29.5 Å². The smallest absolute Gasteiger partial charge is 0.328 e. The molecule has 2 saturated heterocycles. The monoisotopic (exact) mass is 502 g/mol. The number of anilines is 1. The van der Waals surface area contributed by atoms with E-state index in [4.69, 9.17) is 9.73 Å². The van der Waals surface area contributed by atoms with Crippen LogP contribution in [-0.4, -0.2) is 52.5 Å². The summed E-state index contributed by atoms with van der Waals surface area (Å²) in [6, 6.07) is 10.6. The molecule has 8 nitrogen and oxygen atoms in total. The topological polar surface area (TPSA) is 97.3 Å². The molecule has 2 unspecified atom stereocenters. The predicted octanol–water partition coefficient (Wildman–Crippen LogP) is 4.46. The van der Waals surface area contributed by atoms with Gasteiger partial charge in [0.05, 0.1) is 25.4 Å². The third-order valence-electron chi connectivity index (χ3n) is 7.02. The summed E-state index contributed by atoms with van der Waals surface area (Å²) in [4.78, 5) is 20.2. The fraction of sp³-hybridized carbons (Fsp3) is 0.500. The Morgan fingerprint density at radius 1 is 1.21 bits per heavy atom. The molecule has 2 atom stereocenters. The quantitative estimate of drug-likeness (QED) is 0.611. The third-order valence-corrected chi connectivity index (χ3v) is 10.2. The molecule has 2 aromatic rings. The van der Waals surface area contributed by atoms with Crippen molar-refractivity contribution in [2.24, 2.45) is 4.99 Å². The highest BCUT2D eigenvalue weighted by atomic mass is 32.3. The number of amides is 2. The van der Waals surface area contributed by atoms with Gasteiger partial charge in [0.1, 0.15) is 17.1 Å². The molecule has 2 amide bonds. The van der Waals surface area contributed by atoms with E-state index in [-0.39, 0.29) is 18.6 Å². The first-order valence-electron chi connectivity index (χ1n) is 11.8. The zero-order valence-electron chi connectivity index (χ0n) is 19.3. The highest BCUT2D eigenvalue weighted by molar-refractivity contribution is 7.97. The Morgan fingerprint density at radius 2 is 2.03 bits per heavy atom. The van der Waals surface area contributed by atoms with Crippen LogP contribution in [0.3, 0.4) is 0 Å². The summed E-state index contributed by atoms with van der Waals surface area (Å²) in [6.07, 6.45) is 6.70. The number of carbonyl (C=O) groups is 1. The van der Waals surface area contributed by atoms with Crippen LogP contribution >= 0.6 is 11.3 Å². The summed E-state index contributed by atoms with van der Waals surface area (Å²) in [6.45, 7) is 0.577. The number of amidine groups is 1. The van der Waals surface area contributed by atoms with Crippen LogP contribution in [0.25, 0.3) is 0 Å². The minimum atomic E-state index is -3.67. The van der Waals surface area contributed by atoms with Gasteiger partial charge in [0, 0.05) is 18.7 Å². The van der Waals surface area contributed by atoms with Crippen molar-refractivity contribution in [1.82, 2.24) is 9.62 Å². The third kappa shape index (κ3) is 4.17. The van der Waals surface area contributed by atoms with Gasteiger partial charge in [-0.1, -0.05) is 40.9 Å². The van der Waals surface area contributed by atoms with Crippen molar-refractivity contribution in [3.8, 4) is 5.75 Å². The number of ether oxygens (including phenoxy) is 1. The maximum Gasteiger partial charge on any atom is 0.328 e. The maximum atomic E-state index is 13.5. The molecule has 3 heterocycles. The maximum absolute atomic E-state index is 13.5. The highest BCUT2D eigenvalue weighted by Gasteiger charge is 2.56. The van der Waals surface area contributed by atoms with Crippen LogP contribution in [0.15, 0.2) is 51.0 Å². The summed E-state index contributed by atoms with van der Waals surface area (Å²) < 4.78 is 34.2. The van der Waals surface area contributed by atoms with Gasteiger partial charge in [0.25, 0.3) is 0 Å². The van der Waals surface area contributed by atoms with Gasteiger partial charge in [-0.15, -0.1) is 4.31 Å². The Hall–Kier alpha value is -2.27. The molecule has 1 aromatic heterocycles. The number of benzene rings is 1. The van der Waals surface area contributed by atoms with Gasteiger partial charge in [-0.05, 0) is 49.3 Å². The van der Waals surface area contributed by atoms with Gasteiger partial charge in [0.15, 0.2) is 10.4 Å². The average Bonchev–Trinajstić information content (AvgIpc) is 3.48. The van der Waals surface area contributed by atoms with Crippen LogP contribution < -0.4 is 15.0 Å². The number of carbonyl (C=O) groups excluding carboxylic acids is 1. The summed E-state index contributed by atoms with van der Waals surface area (Å²) in [7, 11) is -2.08. The standard InChI is InChI=1S/C24H30N4O4S2/c1-32-20-11-5-10-19(16-20)28-23(29)26-22(25-18-8-3-2-4-9-18)24(28)13-7-14-27(17-24)34(30,31)21-12-6-15-33-21/h5-6,10-12,15-16,18H,2-4,7-9,13-14,17H2,1H3,(H-,25,26,29,30,31). The van der Waals surface area contributed by atoms with Crippen molar-refractivity contribution < 1.29 is 18.3 Å². The summed E-state index contributed by atoms with van der Waals surface area (Å²) in [5.41, 5.74) is -0.218. The predicted molar refractivity (Wildman–Crippen MR) is 133 cm³/mol. The second kappa shape index (κ2) is 9.41. The number of rotatable bonds is 5. The molecule has 0 bridgehead atoms. The van der Waals surface area contributed by atoms with E-state index in [1.165, 1.54) is 22.1 Å². The molecular weight excluding hydrogens is 472 g/mol. The first kappa shape index (κ1) is 23.5. The van der Waals surface area contributed by atoms with Gasteiger partial charge in [-0.25, -0.2) is 4.79 Å². The van der Waals surface area contributed by atoms with E-state index in [1.807, 2.05) is 24.3 Å². The Balaban J connectivity index is 1.58. The minimum Gasteiger partial charge on any atom is -0.592 e. The van der Waals surface area contributed by atoms with Crippen molar-refractivity contribution in [3.63, 3.8) is 0 Å². The lowest BCUT2D eigenvalue weighted by molar-refractivity contribution is 0.236. The Bertz CT molecular complexity index is 1120. The normalized spacial score (nSPS) is 27.2. The van der Waals surface area contributed by atoms with Gasteiger partial charge < -0.3 is 9.29 Å². The molecule has 182 valence electrons. The molecule has 1 aromatic carbocycles. The molecular formula is C24H30N4O4S2. The first-order valence-corrected chi connectivity index (χ1v) is 14.1. The zero-order chi connectivity index (χ0) is 23.8. The lowest BCUT2D eigenvalue weighted by Crippen LogP contribution is -2.62. The van der Waals surface area contributed by atoms with Crippen LogP contribution in [0.1, 0.15) is 44.9 Å². The number of sulfonamides is 1. The molecule has 1 N–H and O–H groups in total. The number of hydrogen-bond donors (Lipinski definition) is 1. The molecule has 3 fully saturated rings. The van der Waals surface area contributed by atoms with Gasteiger partial charge >= 0.3 is 6.03 Å². The van der Waals surface area contributed by atoms with E-state index < -0.39 is 15.9 Å². The summed E-state index contributed by atoms with van der Waals surface area (Å²) in [5, 5.41) is 4.80. The Labute approximate surface area is 205 Å². The molecule has 1 saturated carbocycles. The SMILES string of the molecule is COc1cccc(N2C(=O)NC(=NC3CCCCC3)C23CCCN([S+](=O)([O-])c2cccs2)C3)c1. The van der Waals surface area contributed by atoms with Gasteiger partial charge in [-0.3, -0.25) is 15.2 Å². The van der Waals surface area contributed by atoms with Gasteiger partial charge in [-0.2, -0.15) is 0 Å². The molecule has 1 spiro atoms. The van der Waals surface area contributed by atoms with E-state index in [0.717, 1.165) is 25.7 Å². The lowest BCUT2D eigenvalue weighted by Gasteiger charge is -2.44. The van der Waals surface area contributed by atoms with Crippen LogP contribution in [0, 0.1) is 0 Å². The van der Waals surface area contributed by atoms with Crippen molar-refractivity contribution in [2.45, 2.75) is 60.7 Å². The van der Waals surface area contributed by atoms with E-state index >= 15 is 0 Å². The number of piperidine rings is 1. The molecule has 1 aliphatic carbocycles. The number of thiophene rings is 1. The van der Waals surface area contributed by atoms with Crippen LogP contribution in [0.2, 0.25) is 0 Å². The van der Waals surface area contributed by atoms with Crippen molar-refractivity contribution in [3.05, 3.63) is 41.8 Å². The van der Waals surface area contributed by atoms with Crippen molar-refractivity contribution >= 4 is 39.3 Å². The van der Waals surface area contributed by atoms with E-state index in [9.17, 15) is 13.6 Å². The Morgan fingerprint density at radius 3 is 2.76 bits per heavy atom. The number of aliphatic imine (C=N–C) groups is 1. The summed E-state index contributed by atoms with van der Waals surface area (Å²) >= 11 is 1.21. The highest BCUT2D eigenvalue weighted by Crippen LogP contribution is 2.41. The molecule has 34 heavy (non-hydrogen) atoms. The minimum absolute atomic E-state index is 0.149. The first-order chi connectivity index (χ1) is 16.4. The van der Waals surface area contributed by atoms with E-state index in [2.05, 4.69) is 5.32 Å². The number of urea groups is 1. The molecule has 5 rings (SSSR count). The molecule has 0 radical (unpaired) electrons. The number of nitrogens with one attached hydrogen (secondary N) is 1.